The van der Waals surface area contributed by atoms with E-state index in [1.807, 2.05) is 0 Å². The molecule has 2 aromatic heterocycles. The predicted octanol–water partition coefficient (Wildman–Crippen LogP) is 4.55. The highest BCUT2D eigenvalue weighted by Gasteiger charge is 2.28. The van der Waals surface area contributed by atoms with E-state index in [1.165, 1.54) is 28.8 Å². The second-order valence-corrected chi connectivity index (χ2v) is 6.21. The number of nitrogens with zero attached hydrogens (tertiary/aromatic N) is 2. The summed E-state index contributed by atoms with van der Waals surface area (Å²) in [5.41, 5.74) is 1.12. The van der Waals surface area contributed by atoms with E-state index in [0.29, 0.717) is 11.4 Å². The van der Waals surface area contributed by atoms with Crippen LogP contribution < -0.4 is 10.3 Å². The standard InChI is InChI=1S/C17H11ClF3N3O2S/c18-12-7-11(1-2-14(12)26-9-17(19,20)21)24-15(25)8-13(23-16(24)27)10-3-5-22-6-4-10/h1-8H,9H2,(H,23,27). The molecule has 0 bridgehead atoms. The van der Waals surface area contributed by atoms with Crippen molar-refractivity contribution in [3.05, 3.63) is 68.9 Å². The van der Waals surface area contributed by atoms with Crippen molar-refractivity contribution in [3.63, 3.8) is 0 Å². The number of alkyl halides is 3. The van der Waals surface area contributed by atoms with Crippen LogP contribution in [0.2, 0.25) is 5.02 Å². The number of hydrogen-bond acceptors (Lipinski definition) is 4. The summed E-state index contributed by atoms with van der Waals surface area (Å²) in [5.74, 6) is -0.144. The first-order chi connectivity index (χ1) is 12.7. The van der Waals surface area contributed by atoms with Crippen molar-refractivity contribution >= 4 is 23.8 Å². The maximum atomic E-state index is 12.5. The van der Waals surface area contributed by atoms with Crippen molar-refractivity contribution in [1.29, 1.82) is 0 Å². The van der Waals surface area contributed by atoms with Crippen LogP contribution in [0.15, 0.2) is 53.6 Å². The topological polar surface area (TPSA) is 59.9 Å². The lowest BCUT2D eigenvalue weighted by Crippen LogP contribution is -2.20. The Hall–Kier alpha value is -2.65. The van der Waals surface area contributed by atoms with Crippen molar-refractivity contribution in [2.75, 3.05) is 6.61 Å². The number of H-pyrrole nitrogens is 1. The Kier molecular flexibility index (Phi) is 5.33. The molecular formula is C17H11ClF3N3O2S. The molecule has 27 heavy (non-hydrogen) atoms. The smallest absolute Gasteiger partial charge is 0.422 e. The first-order valence-electron chi connectivity index (χ1n) is 7.51. The molecule has 0 aliphatic rings. The molecule has 0 saturated carbocycles. The van der Waals surface area contributed by atoms with E-state index in [-0.39, 0.29) is 15.5 Å². The summed E-state index contributed by atoms with van der Waals surface area (Å²) in [6.45, 7) is -1.47. The zero-order valence-electron chi connectivity index (χ0n) is 13.5. The van der Waals surface area contributed by atoms with Crippen LogP contribution in [0.25, 0.3) is 16.9 Å². The Balaban J connectivity index is 1.96. The lowest BCUT2D eigenvalue weighted by atomic mass is 10.2. The van der Waals surface area contributed by atoms with Gasteiger partial charge in [0.1, 0.15) is 5.75 Å². The molecule has 0 fully saturated rings. The SMILES string of the molecule is O=c1cc(-c2ccncc2)[nH]c(=S)n1-c1ccc(OCC(F)(F)F)c(Cl)c1. The first-order valence-corrected chi connectivity index (χ1v) is 8.29. The fourth-order valence-electron chi connectivity index (χ4n) is 2.33. The summed E-state index contributed by atoms with van der Waals surface area (Å²) in [4.78, 5) is 19.4. The lowest BCUT2D eigenvalue weighted by Gasteiger charge is -2.13. The highest BCUT2D eigenvalue weighted by atomic mass is 35.5. The van der Waals surface area contributed by atoms with Crippen LogP contribution >= 0.6 is 23.8 Å². The number of rotatable bonds is 4. The monoisotopic (exact) mass is 413 g/mol. The summed E-state index contributed by atoms with van der Waals surface area (Å²) in [6, 6.07) is 8.75. The summed E-state index contributed by atoms with van der Waals surface area (Å²) < 4.78 is 42.7. The zero-order chi connectivity index (χ0) is 19.6. The number of nitrogens with one attached hydrogen (secondary N) is 1. The van der Waals surface area contributed by atoms with Gasteiger partial charge in [0, 0.05) is 24.0 Å². The van der Waals surface area contributed by atoms with Crippen LogP contribution in [0, 0.1) is 4.77 Å². The molecule has 3 rings (SSSR count). The zero-order valence-corrected chi connectivity index (χ0v) is 15.0. The third-order valence-corrected chi connectivity index (χ3v) is 4.07. The van der Waals surface area contributed by atoms with Crippen molar-refractivity contribution in [1.82, 2.24) is 14.5 Å². The minimum atomic E-state index is -4.48. The van der Waals surface area contributed by atoms with Gasteiger partial charge in [0.05, 0.1) is 16.4 Å². The number of benzene rings is 1. The number of hydrogen-bond donors (Lipinski definition) is 1. The van der Waals surface area contributed by atoms with Gasteiger partial charge in [0.15, 0.2) is 11.4 Å². The van der Waals surface area contributed by atoms with Gasteiger partial charge in [-0.2, -0.15) is 13.2 Å². The summed E-state index contributed by atoms with van der Waals surface area (Å²) in [6.07, 6.45) is -1.32. The molecular weight excluding hydrogens is 403 g/mol. The Morgan fingerprint density at radius 3 is 2.48 bits per heavy atom. The summed E-state index contributed by atoms with van der Waals surface area (Å²) in [7, 11) is 0. The van der Waals surface area contributed by atoms with E-state index in [1.54, 1.807) is 24.5 Å². The van der Waals surface area contributed by atoms with Gasteiger partial charge in [-0.05, 0) is 42.5 Å². The van der Waals surface area contributed by atoms with Gasteiger partial charge in [-0.25, -0.2) is 0 Å². The second kappa shape index (κ2) is 7.53. The molecule has 0 unspecified atom stereocenters. The van der Waals surface area contributed by atoms with Crippen LogP contribution in [0.4, 0.5) is 13.2 Å². The van der Waals surface area contributed by atoms with Crippen molar-refractivity contribution < 1.29 is 17.9 Å². The third kappa shape index (κ3) is 4.55. The minimum Gasteiger partial charge on any atom is -0.483 e. The molecule has 3 aromatic rings. The van der Waals surface area contributed by atoms with Gasteiger partial charge < -0.3 is 9.72 Å². The molecule has 2 heterocycles. The molecule has 0 atom stereocenters. The molecule has 0 radical (unpaired) electrons. The summed E-state index contributed by atoms with van der Waals surface area (Å²) >= 11 is 11.2. The van der Waals surface area contributed by atoms with Crippen LogP contribution in [0.3, 0.4) is 0 Å². The van der Waals surface area contributed by atoms with Crippen LogP contribution in [0.1, 0.15) is 0 Å². The lowest BCUT2D eigenvalue weighted by molar-refractivity contribution is -0.153. The molecule has 0 amide bonds. The Bertz CT molecular complexity index is 1050. The molecule has 5 nitrogen and oxygen atoms in total. The van der Waals surface area contributed by atoms with Crippen molar-refractivity contribution in [2.45, 2.75) is 6.18 Å². The maximum absolute atomic E-state index is 12.5. The van der Waals surface area contributed by atoms with Crippen molar-refractivity contribution in [3.8, 4) is 22.7 Å². The van der Waals surface area contributed by atoms with E-state index in [0.717, 1.165) is 5.56 Å². The largest absolute Gasteiger partial charge is 0.483 e. The molecule has 0 aliphatic carbocycles. The van der Waals surface area contributed by atoms with Gasteiger partial charge in [-0.15, -0.1) is 0 Å². The fourth-order valence-corrected chi connectivity index (χ4v) is 2.87. The van der Waals surface area contributed by atoms with Gasteiger partial charge in [-0.1, -0.05) is 11.6 Å². The van der Waals surface area contributed by atoms with Crippen LogP contribution in [-0.4, -0.2) is 27.3 Å². The summed E-state index contributed by atoms with van der Waals surface area (Å²) in [5, 5.41) is -0.0729. The number of pyridine rings is 1. The van der Waals surface area contributed by atoms with Crippen LogP contribution in [0.5, 0.6) is 5.75 Å². The predicted molar refractivity (Wildman–Crippen MR) is 97.0 cm³/mol. The van der Waals surface area contributed by atoms with Gasteiger partial charge in [0.25, 0.3) is 5.56 Å². The van der Waals surface area contributed by atoms with Crippen LogP contribution in [-0.2, 0) is 0 Å². The average Bonchev–Trinajstić information content (AvgIpc) is 2.60. The van der Waals surface area contributed by atoms with E-state index in [4.69, 9.17) is 23.8 Å². The normalized spacial score (nSPS) is 11.4. The molecule has 0 saturated heterocycles. The average molecular weight is 414 g/mol. The van der Waals surface area contributed by atoms with E-state index in [2.05, 4.69) is 14.7 Å². The van der Waals surface area contributed by atoms with E-state index < -0.39 is 18.3 Å². The highest BCUT2D eigenvalue weighted by molar-refractivity contribution is 7.71. The minimum absolute atomic E-state index is 0.0729. The van der Waals surface area contributed by atoms with E-state index in [9.17, 15) is 18.0 Å². The van der Waals surface area contributed by atoms with Gasteiger partial charge in [-0.3, -0.25) is 14.3 Å². The molecule has 1 N–H and O–H groups in total. The highest BCUT2D eigenvalue weighted by Crippen LogP contribution is 2.28. The van der Waals surface area contributed by atoms with Gasteiger partial charge >= 0.3 is 6.18 Å². The molecule has 0 spiro atoms. The third-order valence-electron chi connectivity index (χ3n) is 3.49. The first kappa shape index (κ1) is 19.1. The quantitative estimate of drug-likeness (QED) is 0.637. The number of aromatic nitrogens is 3. The number of ether oxygens (including phenoxy) is 1. The fraction of sp³-hybridized carbons (Fsp3) is 0.118. The van der Waals surface area contributed by atoms with Crippen molar-refractivity contribution in [2.24, 2.45) is 0 Å². The Morgan fingerprint density at radius 2 is 1.89 bits per heavy atom. The Labute approximate surface area is 161 Å². The second-order valence-electron chi connectivity index (χ2n) is 5.42. The number of aromatic amines is 1. The maximum Gasteiger partial charge on any atom is 0.422 e. The van der Waals surface area contributed by atoms with Gasteiger partial charge in [0.2, 0.25) is 0 Å². The molecule has 1 aromatic carbocycles. The number of halogens is 4. The van der Waals surface area contributed by atoms with E-state index >= 15 is 0 Å². The molecule has 140 valence electrons. The molecule has 10 heteroatoms. The molecule has 0 aliphatic heterocycles. The Morgan fingerprint density at radius 1 is 1.19 bits per heavy atom.